The first kappa shape index (κ1) is 10.8. The van der Waals surface area contributed by atoms with Gasteiger partial charge >= 0.3 is 0 Å². The number of aromatic nitrogens is 1. The zero-order chi connectivity index (χ0) is 12.0. The van der Waals surface area contributed by atoms with Crippen LogP contribution in [0.5, 0.6) is 0 Å². The number of hydrogen-bond donors (Lipinski definition) is 1. The molecule has 1 fully saturated rings. The quantitative estimate of drug-likeness (QED) is 0.859. The third-order valence-corrected chi connectivity index (χ3v) is 3.67. The fourth-order valence-electron chi connectivity index (χ4n) is 2.32. The Kier molecular flexibility index (Phi) is 2.30. The van der Waals surface area contributed by atoms with Crippen molar-refractivity contribution in [3.63, 3.8) is 0 Å². The second-order valence-electron chi connectivity index (χ2n) is 5.91. The summed E-state index contributed by atoms with van der Waals surface area (Å²) in [5, 5.41) is 1.32. The Balaban J connectivity index is 2.05. The summed E-state index contributed by atoms with van der Waals surface area (Å²) in [5.41, 5.74) is 8.45. The predicted octanol–water partition coefficient (Wildman–Crippen LogP) is 3.25. The minimum absolute atomic E-state index is 0.261. The van der Waals surface area contributed by atoms with E-state index in [0.29, 0.717) is 0 Å². The molecule has 2 heteroatoms. The van der Waals surface area contributed by atoms with E-state index in [1.165, 1.54) is 29.3 Å². The summed E-state index contributed by atoms with van der Waals surface area (Å²) in [6.07, 6.45) is 4.99. The lowest BCUT2D eigenvalue weighted by Crippen LogP contribution is -2.28. The number of fused-ring (bicyclic) bond motifs is 1. The maximum atomic E-state index is 6.17. The van der Waals surface area contributed by atoms with Gasteiger partial charge in [0.15, 0.2) is 0 Å². The van der Waals surface area contributed by atoms with Gasteiger partial charge in [0.05, 0.1) is 0 Å². The van der Waals surface area contributed by atoms with Crippen LogP contribution in [0.2, 0.25) is 0 Å². The first-order valence-corrected chi connectivity index (χ1v) is 6.42. The van der Waals surface area contributed by atoms with E-state index in [2.05, 4.69) is 48.9 Å². The third kappa shape index (κ3) is 2.09. The van der Waals surface area contributed by atoms with Gasteiger partial charge < -0.3 is 10.3 Å². The minimum atomic E-state index is -0.261. The normalized spacial score (nSPS) is 16.6. The van der Waals surface area contributed by atoms with Gasteiger partial charge in [0.2, 0.25) is 0 Å². The standard InChI is InChI=1S/C15H20N2/c1-15(2,16)13-6-5-12-7-8-17(14(12)9-13)10-11-3-4-11/h5-9,11H,3-4,10,16H2,1-2H3. The highest BCUT2D eigenvalue weighted by Gasteiger charge is 2.22. The lowest BCUT2D eigenvalue weighted by molar-refractivity contribution is 0.554. The van der Waals surface area contributed by atoms with Gasteiger partial charge in [-0.1, -0.05) is 12.1 Å². The number of benzene rings is 1. The molecule has 2 N–H and O–H groups in total. The Morgan fingerprint density at radius 3 is 2.71 bits per heavy atom. The average molecular weight is 228 g/mol. The molecule has 0 aliphatic heterocycles. The van der Waals surface area contributed by atoms with Crippen molar-refractivity contribution in [1.29, 1.82) is 0 Å². The molecule has 0 bridgehead atoms. The van der Waals surface area contributed by atoms with Gasteiger partial charge in [0.1, 0.15) is 0 Å². The lowest BCUT2D eigenvalue weighted by atomic mass is 9.95. The van der Waals surface area contributed by atoms with Gasteiger partial charge in [0.25, 0.3) is 0 Å². The molecule has 1 aromatic heterocycles. The SMILES string of the molecule is CC(C)(N)c1ccc2ccn(CC3CC3)c2c1. The van der Waals surface area contributed by atoms with E-state index in [9.17, 15) is 0 Å². The van der Waals surface area contributed by atoms with Crippen LogP contribution in [0, 0.1) is 5.92 Å². The van der Waals surface area contributed by atoms with E-state index in [1.807, 2.05) is 0 Å². The van der Waals surface area contributed by atoms with Crippen molar-refractivity contribution in [3.8, 4) is 0 Å². The Hall–Kier alpha value is -1.28. The lowest BCUT2D eigenvalue weighted by Gasteiger charge is -2.19. The second-order valence-corrected chi connectivity index (χ2v) is 5.91. The highest BCUT2D eigenvalue weighted by molar-refractivity contribution is 5.81. The van der Waals surface area contributed by atoms with Gasteiger partial charge in [0, 0.05) is 23.8 Å². The molecule has 1 aromatic carbocycles. The molecule has 1 aliphatic carbocycles. The minimum Gasteiger partial charge on any atom is -0.347 e. The monoisotopic (exact) mass is 228 g/mol. The zero-order valence-electron chi connectivity index (χ0n) is 10.6. The first-order valence-electron chi connectivity index (χ1n) is 6.42. The van der Waals surface area contributed by atoms with Crippen molar-refractivity contribution in [2.75, 3.05) is 0 Å². The van der Waals surface area contributed by atoms with E-state index in [4.69, 9.17) is 5.73 Å². The molecule has 0 unspecified atom stereocenters. The summed E-state index contributed by atoms with van der Waals surface area (Å²) in [5.74, 6) is 0.903. The summed E-state index contributed by atoms with van der Waals surface area (Å²) in [4.78, 5) is 0. The van der Waals surface area contributed by atoms with Crippen LogP contribution >= 0.6 is 0 Å². The van der Waals surface area contributed by atoms with Gasteiger partial charge in [-0.25, -0.2) is 0 Å². The topological polar surface area (TPSA) is 30.9 Å². The van der Waals surface area contributed by atoms with Crippen molar-refractivity contribution < 1.29 is 0 Å². The van der Waals surface area contributed by atoms with E-state index in [1.54, 1.807) is 0 Å². The Labute approximate surface area is 102 Å². The molecule has 1 aliphatic rings. The van der Waals surface area contributed by atoms with Crippen molar-refractivity contribution in [1.82, 2.24) is 4.57 Å². The summed E-state index contributed by atoms with van der Waals surface area (Å²) < 4.78 is 2.38. The molecule has 1 saturated carbocycles. The van der Waals surface area contributed by atoms with Crippen molar-refractivity contribution in [2.24, 2.45) is 11.7 Å². The van der Waals surface area contributed by atoms with Crippen molar-refractivity contribution in [3.05, 3.63) is 36.0 Å². The van der Waals surface area contributed by atoms with Crippen LogP contribution in [-0.2, 0) is 12.1 Å². The zero-order valence-corrected chi connectivity index (χ0v) is 10.6. The number of nitrogens with zero attached hydrogens (tertiary/aromatic N) is 1. The second kappa shape index (κ2) is 3.61. The fraction of sp³-hybridized carbons (Fsp3) is 0.467. The smallest absolute Gasteiger partial charge is 0.0483 e. The molecular weight excluding hydrogens is 208 g/mol. The Morgan fingerprint density at radius 1 is 1.29 bits per heavy atom. The molecule has 3 rings (SSSR count). The van der Waals surface area contributed by atoms with E-state index >= 15 is 0 Å². The Morgan fingerprint density at radius 2 is 2.06 bits per heavy atom. The molecular formula is C15H20N2. The molecule has 0 spiro atoms. The van der Waals surface area contributed by atoms with E-state index in [0.717, 1.165) is 12.5 Å². The highest BCUT2D eigenvalue weighted by Crippen LogP contribution is 2.32. The van der Waals surface area contributed by atoms with Crippen LogP contribution in [0.1, 0.15) is 32.3 Å². The summed E-state index contributed by atoms with van der Waals surface area (Å²) >= 11 is 0. The van der Waals surface area contributed by atoms with Gasteiger partial charge in [-0.3, -0.25) is 0 Å². The van der Waals surface area contributed by atoms with Crippen LogP contribution in [0.15, 0.2) is 30.5 Å². The van der Waals surface area contributed by atoms with Crippen LogP contribution in [0.25, 0.3) is 10.9 Å². The predicted molar refractivity (Wildman–Crippen MR) is 71.9 cm³/mol. The number of rotatable bonds is 3. The van der Waals surface area contributed by atoms with Crippen molar-refractivity contribution >= 4 is 10.9 Å². The summed E-state index contributed by atoms with van der Waals surface area (Å²) in [6, 6.07) is 8.77. The van der Waals surface area contributed by atoms with Crippen LogP contribution in [0.3, 0.4) is 0 Å². The van der Waals surface area contributed by atoms with Crippen LogP contribution in [0.4, 0.5) is 0 Å². The van der Waals surface area contributed by atoms with E-state index < -0.39 is 0 Å². The van der Waals surface area contributed by atoms with Gasteiger partial charge in [-0.05, 0) is 55.7 Å². The highest BCUT2D eigenvalue weighted by atomic mass is 15.0. The van der Waals surface area contributed by atoms with Gasteiger partial charge in [-0.15, -0.1) is 0 Å². The molecule has 0 radical (unpaired) electrons. The molecule has 17 heavy (non-hydrogen) atoms. The van der Waals surface area contributed by atoms with Crippen LogP contribution in [-0.4, -0.2) is 4.57 Å². The maximum Gasteiger partial charge on any atom is 0.0483 e. The summed E-state index contributed by atoms with van der Waals surface area (Å²) in [6.45, 7) is 5.28. The third-order valence-electron chi connectivity index (χ3n) is 3.67. The molecule has 2 aromatic rings. The maximum absolute atomic E-state index is 6.17. The number of hydrogen-bond acceptors (Lipinski definition) is 1. The molecule has 90 valence electrons. The largest absolute Gasteiger partial charge is 0.347 e. The molecule has 2 nitrogen and oxygen atoms in total. The average Bonchev–Trinajstić information content (AvgIpc) is 2.98. The fourth-order valence-corrected chi connectivity index (χ4v) is 2.32. The van der Waals surface area contributed by atoms with Crippen LogP contribution < -0.4 is 5.73 Å². The van der Waals surface area contributed by atoms with Gasteiger partial charge in [-0.2, -0.15) is 0 Å². The van der Waals surface area contributed by atoms with Crippen molar-refractivity contribution in [2.45, 2.75) is 38.8 Å². The number of nitrogens with two attached hydrogens (primary N) is 1. The first-order chi connectivity index (χ1) is 8.04. The molecule has 0 atom stereocenters. The molecule has 1 heterocycles. The molecule has 0 saturated heterocycles. The summed E-state index contributed by atoms with van der Waals surface area (Å²) in [7, 11) is 0. The Bertz CT molecular complexity index is 542. The van der Waals surface area contributed by atoms with E-state index in [-0.39, 0.29) is 5.54 Å². The molecule has 0 amide bonds.